The zero-order valence-electron chi connectivity index (χ0n) is 12.0. The second kappa shape index (κ2) is 8.08. The lowest BCUT2D eigenvalue weighted by atomic mass is 9.99. The number of hydrogen-bond donors (Lipinski definition) is 1. The van der Waals surface area contributed by atoms with Crippen LogP contribution in [0.5, 0.6) is 0 Å². The molecule has 1 unspecified atom stereocenters. The second-order valence-corrected chi connectivity index (χ2v) is 5.63. The van der Waals surface area contributed by atoms with E-state index in [0.717, 1.165) is 17.9 Å². The first-order valence-electron chi connectivity index (χ1n) is 7.23. The van der Waals surface area contributed by atoms with Crippen molar-refractivity contribution in [1.29, 1.82) is 0 Å². The molecule has 0 amide bonds. The van der Waals surface area contributed by atoms with Gasteiger partial charge < -0.3 is 5.32 Å². The van der Waals surface area contributed by atoms with Crippen molar-refractivity contribution in [2.45, 2.75) is 31.7 Å². The van der Waals surface area contributed by atoms with Crippen molar-refractivity contribution in [3.8, 4) is 0 Å². The molecule has 0 saturated carbocycles. The molecule has 0 spiro atoms. The predicted molar refractivity (Wildman–Crippen MR) is 87.4 cm³/mol. The summed E-state index contributed by atoms with van der Waals surface area (Å²) in [7, 11) is 2.04. The van der Waals surface area contributed by atoms with Gasteiger partial charge in [-0.2, -0.15) is 0 Å². The highest BCUT2D eigenvalue weighted by Gasteiger charge is 2.07. The van der Waals surface area contributed by atoms with Crippen molar-refractivity contribution in [2.24, 2.45) is 0 Å². The normalized spacial score (nSPS) is 12.3. The first-order valence-corrected chi connectivity index (χ1v) is 7.61. The molecule has 2 heteroatoms. The van der Waals surface area contributed by atoms with Crippen LogP contribution in [-0.2, 0) is 12.8 Å². The summed E-state index contributed by atoms with van der Waals surface area (Å²) in [6.45, 7) is 0. The topological polar surface area (TPSA) is 12.0 Å². The molecule has 1 nitrogen and oxygen atoms in total. The van der Waals surface area contributed by atoms with Gasteiger partial charge in [-0.1, -0.05) is 54.1 Å². The largest absolute Gasteiger partial charge is 0.317 e. The molecule has 0 aliphatic carbocycles. The summed E-state index contributed by atoms with van der Waals surface area (Å²) in [6.07, 6.45) is 4.61. The molecule has 0 saturated heterocycles. The number of rotatable bonds is 7. The predicted octanol–water partition coefficient (Wildman–Crippen LogP) is 4.49. The van der Waals surface area contributed by atoms with Gasteiger partial charge in [0.05, 0.1) is 0 Å². The lowest BCUT2D eigenvalue weighted by molar-refractivity contribution is 0.502. The van der Waals surface area contributed by atoms with E-state index in [1.54, 1.807) is 0 Å². The first kappa shape index (κ1) is 15.1. The van der Waals surface area contributed by atoms with Gasteiger partial charge in [-0.3, -0.25) is 0 Å². The SMILES string of the molecule is CNC(CCCc1ccccc1)Cc1ccc(Cl)cc1. The summed E-state index contributed by atoms with van der Waals surface area (Å²) in [5.41, 5.74) is 2.77. The Kier molecular flexibility index (Phi) is 6.10. The van der Waals surface area contributed by atoms with E-state index >= 15 is 0 Å². The Morgan fingerprint density at radius 3 is 2.30 bits per heavy atom. The van der Waals surface area contributed by atoms with E-state index in [9.17, 15) is 0 Å². The van der Waals surface area contributed by atoms with Gasteiger partial charge in [0.1, 0.15) is 0 Å². The fourth-order valence-electron chi connectivity index (χ4n) is 2.45. The quantitative estimate of drug-likeness (QED) is 0.791. The Bertz CT molecular complexity index is 493. The number of halogens is 1. The van der Waals surface area contributed by atoms with Crippen LogP contribution in [0.4, 0.5) is 0 Å². The Morgan fingerprint density at radius 2 is 1.65 bits per heavy atom. The lowest BCUT2D eigenvalue weighted by Crippen LogP contribution is -2.27. The first-order chi connectivity index (χ1) is 9.78. The van der Waals surface area contributed by atoms with Crippen LogP contribution >= 0.6 is 11.6 Å². The van der Waals surface area contributed by atoms with E-state index in [2.05, 4.69) is 47.8 Å². The summed E-state index contributed by atoms with van der Waals surface area (Å²) < 4.78 is 0. The molecule has 0 bridgehead atoms. The van der Waals surface area contributed by atoms with Crippen LogP contribution in [0.3, 0.4) is 0 Å². The molecule has 2 rings (SSSR count). The van der Waals surface area contributed by atoms with Crippen LogP contribution in [0, 0.1) is 0 Å². The average molecular weight is 288 g/mol. The molecule has 0 radical (unpaired) electrons. The summed E-state index contributed by atoms with van der Waals surface area (Å²) in [5.74, 6) is 0. The third-order valence-electron chi connectivity index (χ3n) is 3.66. The Labute approximate surface area is 127 Å². The monoisotopic (exact) mass is 287 g/mol. The molecule has 1 N–H and O–H groups in total. The maximum atomic E-state index is 5.92. The standard InChI is InChI=1S/C18H22ClN/c1-20-18(14-16-10-12-17(19)13-11-16)9-5-8-15-6-3-2-4-7-15/h2-4,6-7,10-13,18,20H,5,8-9,14H2,1H3. The molecule has 0 aliphatic rings. The van der Waals surface area contributed by atoms with Crippen molar-refractivity contribution in [2.75, 3.05) is 7.05 Å². The maximum absolute atomic E-state index is 5.92. The molecular formula is C18H22ClN. The molecule has 106 valence electrons. The van der Waals surface area contributed by atoms with Crippen LogP contribution in [-0.4, -0.2) is 13.1 Å². The van der Waals surface area contributed by atoms with Gasteiger partial charge in [-0.25, -0.2) is 0 Å². The number of nitrogens with one attached hydrogen (secondary N) is 1. The van der Waals surface area contributed by atoms with Gasteiger partial charge in [0.25, 0.3) is 0 Å². The van der Waals surface area contributed by atoms with E-state index in [1.807, 2.05) is 19.2 Å². The molecule has 2 aromatic carbocycles. The summed E-state index contributed by atoms with van der Waals surface area (Å²) in [6, 6.07) is 19.4. The van der Waals surface area contributed by atoms with Crippen LogP contribution in [0.25, 0.3) is 0 Å². The number of hydrogen-bond acceptors (Lipinski definition) is 1. The molecular weight excluding hydrogens is 266 g/mol. The van der Waals surface area contributed by atoms with E-state index in [-0.39, 0.29) is 0 Å². The highest BCUT2D eigenvalue weighted by Crippen LogP contribution is 2.13. The van der Waals surface area contributed by atoms with E-state index in [1.165, 1.54) is 24.0 Å². The Hall–Kier alpha value is -1.31. The summed E-state index contributed by atoms with van der Waals surface area (Å²) in [4.78, 5) is 0. The third kappa shape index (κ3) is 4.99. The third-order valence-corrected chi connectivity index (χ3v) is 3.92. The van der Waals surface area contributed by atoms with Crippen molar-refractivity contribution in [3.63, 3.8) is 0 Å². The van der Waals surface area contributed by atoms with Crippen molar-refractivity contribution in [1.82, 2.24) is 5.32 Å². The minimum absolute atomic E-state index is 0.528. The van der Waals surface area contributed by atoms with Crippen LogP contribution < -0.4 is 5.32 Å². The molecule has 0 aromatic heterocycles. The van der Waals surface area contributed by atoms with E-state index < -0.39 is 0 Å². The zero-order valence-corrected chi connectivity index (χ0v) is 12.7. The summed E-state index contributed by atoms with van der Waals surface area (Å²) in [5, 5.41) is 4.22. The summed E-state index contributed by atoms with van der Waals surface area (Å²) >= 11 is 5.92. The van der Waals surface area contributed by atoms with E-state index in [0.29, 0.717) is 6.04 Å². The minimum atomic E-state index is 0.528. The molecule has 2 aromatic rings. The van der Waals surface area contributed by atoms with E-state index in [4.69, 9.17) is 11.6 Å². The van der Waals surface area contributed by atoms with Crippen LogP contribution in [0.15, 0.2) is 54.6 Å². The molecule has 0 fully saturated rings. The zero-order chi connectivity index (χ0) is 14.2. The molecule has 0 aliphatic heterocycles. The smallest absolute Gasteiger partial charge is 0.0406 e. The van der Waals surface area contributed by atoms with Gasteiger partial charge in [0, 0.05) is 11.1 Å². The number of aryl methyl sites for hydroxylation is 1. The van der Waals surface area contributed by atoms with Gasteiger partial charge in [0.2, 0.25) is 0 Å². The van der Waals surface area contributed by atoms with Gasteiger partial charge in [-0.05, 0) is 56.0 Å². The average Bonchev–Trinajstić information content (AvgIpc) is 2.49. The van der Waals surface area contributed by atoms with Crippen molar-refractivity contribution < 1.29 is 0 Å². The highest BCUT2D eigenvalue weighted by molar-refractivity contribution is 6.30. The van der Waals surface area contributed by atoms with Gasteiger partial charge in [-0.15, -0.1) is 0 Å². The fraction of sp³-hybridized carbons (Fsp3) is 0.333. The fourth-order valence-corrected chi connectivity index (χ4v) is 2.58. The number of benzene rings is 2. The molecule has 0 heterocycles. The van der Waals surface area contributed by atoms with Crippen LogP contribution in [0.1, 0.15) is 24.0 Å². The van der Waals surface area contributed by atoms with Gasteiger partial charge in [0.15, 0.2) is 0 Å². The van der Waals surface area contributed by atoms with Crippen LogP contribution in [0.2, 0.25) is 5.02 Å². The molecule has 20 heavy (non-hydrogen) atoms. The Morgan fingerprint density at radius 1 is 0.950 bits per heavy atom. The second-order valence-electron chi connectivity index (χ2n) is 5.19. The maximum Gasteiger partial charge on any atom is 0.0406 e. The van der Waals surface area contributed by atoms with Crippen molar-refractivity contribution in [3.05, 3.63) is 70.7 Å². The van der Waals surface area contributed by atoms with Gasteiger partial charge >= 0.3 is 0 Å². The van der Waals surface area contributed by atoms with Crippen molar-refractivity contribution >= 4 is 11.6 Å². The highest BCUT2D eigenvalue weighted by atomic mass is 35.5. The molecule has 1 atom stereocenters. The lowest BCUT2D eigenvalue weighted by Gasteiger charge is -2.16. The minimum Gasteiger partial charge on any atom is -0.317 e. The Balaban J connectivity index is 1.79. The number of likely N-dealkylation sites (N-methyl/N-ethyl adjacent to an activating group) is 1.